The van der Waals surface area contributed by atoms with Gasteiger partial charge in [-0.25, -0.2) is 4.79 Å². The van der Waals surface area contributed by atoms with Crippen molar-refractivity contribution in [1.82, 2.24) is 0 Å². The van der Waals surface area contributed by atoms with Crippen LogP contribution in [0.4, 0.5) is 26.3 Å². The Labute approximate surface area is 132 Å². The number of esters is 1. The molecule has 0 aromatic heterocycles. The average molecular weight is 348 g/mol. The van der Waals surface area contributed by atoms with Crippen LogP contribution in [-0.2, 0) is 17.1 Å². The number of carbonyl (C=O) groups is 1. The van der Waals surface area contributed by atoms with Crippen LogP contribution in [0.5, 0.6) is 0 Å². The standard InChI is InChI=1S/C16H10F6O2/c1-24-14(23)10-6-4-8-12(16(20,21)22)13(10)9-5-2-3-7-11(9)15(17,18)19/h2-8H,1H3. The van der Waals surface area contributed by atoms with Crippen LogP contribution in [0, 0.1) is 0 Å². The summed E-state index contributed by atoms with van der Waals surface area (Å²) in [4.78, 5) is 11.8. The summed E-state index contributed by atoms with van der Waals surface area (Å²) >= 11 is 0. The van der Waals surface area contributed by atoms with E-state index in [1.807, 2.05) is 0 Å². The van der Waals surface area contributed by atoms with Gasteiger partial charge in [-0.05, 0) is 23.8 Å². The molecule has 0 N–H and O–H groups in total. The van der Waals surface area contributed by atoms with Gasteiger partial charge in [0.2, 0.25) is 0 Å². The number of rotatable bonds is 2. The summed E-state index contributed by atoms with van der Waals surface area (Å²) in [6.45, 7) is 0. The molecule has 0 unspecified atom stereocenters. The van der Waals surface area contributed by atoms with Crippen LogP contribution in [0.2, 0.25) is 0 Å². The molecule has 8 heteroatoms. The summed E-state index contributed by atoms with van der Waals surface area (Å²) < 4.78 is 83.8. The first-order valence-electron chi connectivity index (χ1n) is 6.52. The molecule has 0 atom stereocenters. The number of hydrogen-bond acceptors (Lipinski definition) is 2. The molecule has 0 aliphatic heterocycles. The minimum absolute atomic E-state index is 0.593. The zero-order valence-corrected chi connectivity index (χ0v) is 12.1. The van der Waals surface area contributed by atoms with Crippen molar-refractivity contribution in [2.45, 2.75) is 12.4 Å². The minimum Gasteiger partial charge on any atom is -0.465 e. The van der Waals surface area contributed by atoms with E-state index in [9.17, 15) is 31.1 Å². The molecule has 0 fully saturated rings. The van der Waals surface area contributed by atoms with Gasteiger partial charge in [-0.1, -0.05) is 24.3 Å². The molecule has 0 heterocycles. The third kappa shape index (κ3) is 3.37. The van der Waals surface area contributed by atoms with Crippen molar-refractivity contribution in [1.29, 1.82) is 0 Å². The van der Waals surface area contributed by atoms with E-state index in [1.54, 1.807) is 0 Å². The van der Waals surface area contributed by atoms with Gasteiger partial charge < -0.3 is 4.74 Å². The van der Waals surface area contributed by atoms with Crippen LogP contribution in [0.3, 0.4) is 0 Å². The van der Waals surface area contributed by atoms with E-state index in [0.29, 0.717) is 12.1 Å². The molecule has 2 aromatic rings. The lowest BCUT2D eigenvalue weighted by Crippen LogP contribution is -2.15. The van der Waals surface area contributed by atoms with Crippen molar-refractivity contribution in [2.75, 3.05) is 7.11 Å². The first-order chi connectivity index (χ1) is 11.1. The molecule has 24 heavy (non-hydrogen) atoms. The highest BCUT2D eigenvalue weighted by molar-refractivity contribution is 5.99. The van der Waals surface area contributed by atoms with Crippen molar-refractivity contribution in [3.05, 3.63) is 59.2 Å². The van der Waals surface area contributed by atoms with Gasteiger partial charge in [-0.2, -0.15) is 26.3 Å². The Balaban J connectivity index is 2.90. The van der Waals surface area contributed by atoms with Crippen LogP contribution in [0.15, 0.2) is 42.5 Å². The van der Waals surface area contributed by atoms with Crippen molar-refractivity contribution in [3.8, 4) is 11.1 Å². The quantitative estimate of drug-likeness (QED) is 0.552. The Morgan fingerprint density at radius 3 is 1.92 bits per heavy atom. The van der Waals surface area contributed by atoms with Crippen LogP contribution in [0.25, 0.3) is 11.1 Å². The lowest BCUT2D eigenvalue weighted by molar-refractivity contribution is -0.139. The van der Waals surface area contributed by atoms with Gasteiger partial charge >= 0.3 is 18.3 Å². The summed E-state index contributed by atoms with van der Waals surface area (Å²) in [6, 6.07) is 6.32. The highest BCUT2D eigenvalue weighted by Gasteiger charge is 2.39. The Morgan fingerprint density at radius 1 is 0.833 bits per heavy atom. The largest absolute Gasteiger partial charge is 0.465 e. The second kappa shape index (κ2) is 6.18. The van der Waals surface area contributed by atoms with Crippen LogP contribution in [-0.4, -0.2) is 13.1 Å². The monoisotopic (exact) mass is 348 g/mol. The molecule has 0 saturated heterocycles. The van der Waals surface area contributed by atoms with Gasteiger partial charge in [-0.3, -0.25) is 0 Å². The highest BCUT2D eigenvalue weighted by Crippen LogP contribution is 2.44. The lowest BCUT2D eigenvalue weighted by atomic mass is 9.90. The van der Waals surface area contributed by atoms with Gasteiger partial charge in [0.25, 0.3) is 0 Å². The van der Waals surface area contributed by atoms with Crippen LogP contribution < -0.4 is 0 Å². The second-order valence-electron chi connectivity index (χ2n) is 4.76. The molecule has 0 bridgehead atoms. The number of ether oxygens (including phenoxy) is 1. The van der Waals surface area contributed by atoms with Crippen molar-refractivity contribution in [2.24, 2.45) is 0 Å². The van der Waals surface area contributed by atoms with E-state index >= 15 is 0 Å². The smallest absolute Gasteiger partial charge is 0.417 e. The highest BCUT2D eigenvalue weighted by atomic mass is 19.4. The van der Waals surface area contributed by atoms with Crippen LogP contribution in [0.1, 0.15) is 21.5 Å². The molecule has 0 aliphatic rings. The van der Waals surface area contributed by atoms with E-state index in [-0.39, 0.29) is 0 Å². The van der Waals surface area contributed by atoms with Crippen molar-refractivity contribution >= 4 is 5.97 Å². The molecule has 0 spiro atoms. The number of alkyl halides is 6. The Kier molecular flexibility index (Phi) is 4.59. The predicted molar refractivity (Wildman–Crippen MR) is 73.2 cm³/mol. The number of methoxy groups -OCH3 is 1. The van der Waals surface area contributed by atoms with Gasteiger partial charge in [0.05, 0.1) is 23.8 Å². The average Bonchev–Trinajstić information content (AvgIpc) is 2.51. The van der Waals surface area contributed by atoms with E-state index in [4.69, 9.17) is 0 Å². The fourth-order valence-corrected chi connectivity index (χ4v) is 2.31. The molecular weight excluding hydrogens is 338 g/mol. The Bertz CT molecular complexity index is 762. The number of benzene rings is 2. The SMILES string of the molecule is COC(=O)c1cccc(C(F)(F)F)c1-c1ccccc1C(F)(F)F. The van der Waals surface area contributed by atoms with Crippen molar-refractivity contribution < 1.29 is 35.9 Å². The molecule has 128 valence electrons. The van der Waals surface area contributed by atoms with Gasteiger partial charge in [0, 0.05) is 5.56 Å². The van der Waals surface area contributed by atoms with Crippen molar-refractivity contribution in [3.63, 3.8) is 0 Å². The van der Waals surface area contributed by atoms with E-state index < -0.39 is 46.1 Å². The van der Waals surface area contributed by atoms with E-state index in [2.05, 4.69) is 4.74 Å². The van der Waals surface area contributed by atoms with E-state index in [0.717, 1.165) is 31.4 Å². The molecule has 2 rings (SSSR count). The summed E-state index contributed by atoms with van der Waals surface area (Å²) in [5.41, 5.74) is -4.80. The summed E-state index contributed by atoms with van der Waals surface area (Å²) in [5.74, 6) is -1.16. The maximum absolute atomic E-state index is 13.3. The molecule has 0 aliphatic carbocycles. The Morgan fingerprint density at radius 2 is 1.38 bits per heavy atom. The normalized spacial score (nSPS) is 12.1. The maximum atomic E-state index is 13.3. The summed E-state index contributed by atoms with van der Waals surface area (Å²) in [6.07, 6.45) is -9.83. The molecule has 2 nitrogen and oxygen atoms in total. The summed E-state index contributed by atoms with van der Waals surface area (Å²) in [5, 5.41) is 0. The first kappa shape index (κ1) is 17.8. The fourth-order valence-electron chi connectivity index (χ4n) is 2.31. The van der Waals surface area contributed by atoms with Gasteiger partial charge in [0.1, 0.15) is 0 Å². The Hall–Kier alpha value is -2.51. The van der Waals surface area contributed by atoms with Crippen LogP contribution >= 0.6 is 0 Å². The maximum Gasteiger partial charge on any atom is 0.417 e. The number of hydrogen-bond donors (Lipinski definition) is 0. The number of halogens is 6. The van der Waals surface area contributed by atoms with E-state index in [1.165, 1.54) is 6.07 Å². The predicted octanol–water partition coefficient (Wildman–Crippen LogP) is 5.18. The molecule has 2 aromatic carbocycles. The second-order valence-corrected chi connectivity index (χ2v) is 4.76. The molecular formula is C16H10F6O2. The zero-order valence-electron chi connectivity index (χ0n) is 12.1. The first-order valence-corrected chi connectivity index (χ1v) is 6.52. The van der Waals surface area contributed by atoms with Gasteiger partial charge in [-0.15, -0.1) is 0 Å². The van der Waals surface area contributed by atoms with Gasteiger partial charge in [0.15, 0.2) is 0 Å². The fraction of sp³-hybridized carbons (Fsp3) is 0.188. The molecule has 0 saturated carbocycles. The topological polar surface area (TPSA) is 26.3 Å². The third-order valence-electron chi connectivity index (χ3n) is 3.28. The minimum atomic E-state index is -4.95. The zero-order chi connectivity index (χ0) is 18.1. The lowest BCUT2D eigenvalue weighted by Gasteiger charge is -2.19. The summed E-state index contributed by atoms with van der Waals surface area (Å²) in [7, 11) is 0.933. The molecule has 0 amide bonds. The third-order valence-corrected chi connectivity index (χ3v) is 3.28. The molecule has 0 radical (unpaired) electrons. The number of carbonyl (C=O) groups excluding carboxylic acids is 1.